The quantitative estimate of drug-likeness (QED) is 0.223. The molecule has 0 atom stereocenters. The zero-order chi connectivity index (χ0) is 25.1. The molecule has 0 saturated heterocycles. The van der Waals surface area contributed by atoms with Crippen LogP contribution < -0.4 is 5.32 Å². The minimum absolute atomic E-state index is 0.102. The van der Waals surface area contributed by atoms with Gasteiger partial charge in [-0.1, -0.05) is 74.5 Å². The van der Waals surface area contributed by atoms with E-state index in [1.807, 2.05) is 28.8 Å². The van der Waals surface area contributed by atoms with Gasteiger partial charge in [0.2, 0.25) is 11.0 Å². The largest absolute Gasteiger partial charge is 0.493 e. The van der Waals surface area contributed by atoms with E-state index in [-0.39, 0.29) is 11.0 Å². The topological polar surface area (TPSA) is 65.2 Å². The summed E-state index contributed by atoms with van der Waals surface area (Å²) in [5.41, 5.74) is 7.49. The standard InChI is InChI=1S/C29H31N5OS/c1-3-20-12-9-13-21(4-2)26(20)30-29(36)32-31-27-24-14-7-8-15-25(24)34(28(27)35)19-33-17-16-22-10-5-6-11-23(22)18-33/h5-15,35H,3-4,16-19H2,1-2H3,(H,30,36). The first-order valence-electron chi connectivity index (χ1n) is 12.5. The van der Waals surface area contributed by atoms with E-state index < -0.39 is 0 Å². The monoisotopic (exact) mass is 497 g/mol. The van der Waals surface area contributed by atoms with Gasteiger partial charge < -0.3 is 10.4 Å². The number of azo groups is 1. The predicted octanol–water partition coefficient (Wildman–Crippen LogP) is 6.97. The molecule has 7 heteroatoms. The average Bonchev–Trinajstić information content (AvgIpc) is 3.17. The molecule has 1 aromatic heterocycles. The summed E-state index contributed by atoms with van der Waals surface area (Å²) in [4.78, 5) is 2.34. The summed E-state index contributed by atoms with van der Waals surface area (Å²) < 4.78 is 1.91. The van der Waals surface area contributed by atoms with Gasteiger partial charge >= 0.3 is 0 Å². The lowest BCUT2D eigenvalue weighted by Crippen LogP contribution is -2.32. The number of hydrogen-bond acceptors (Lipinski definition) is 4. The molecule has 0 fully saturated rings. The molecule has 0 amide bonds. The number of thiocarbonyl (C=S) groups is 1. The number of aromatic hydroxyl groups is 1. The van der Waals surface area contributed by atoms with E-state index in [9.17, 15) is 5.11 Å². The van der Waals surface area contributed by atoms with Crippen molar-refractivity contribution in [3.05, 3.63) is 89.0 Å². The van der Waals surface area contributed by atoms with Gasteiger partial charge in [0.15, 0.2) is 5.69 Å². The Kier molecular flexibility index (Phi) is 7.11. The number of nitrogens with one attached hydrogen (secondary N) is 1. The summed E-state index contributed by atoms with van der Waals surface area (Å²) in [6, 6.07) is 22.7. The van der Waals surface area contributed by atoms with Crippen molar-refractivity contribution in [2.45, 2.75) is 46.3 Å². The smallest absolute Gasteiger partial charge is 0.221 e. The maximum Gasteiger partial charge on any atom is 0.221 e. The average molecular weight is 498 g/mol. The van der Waals surface area contributed by atoms with Crippen molar-refractivity contribution in [1.82, 2.24) is 9.47 Å². The van der Waals surface area contributed by atoms with Crippen LogP contribution in [-0.2, 0) is 32.5 Å². The van der Waals surface area contributed by atoms with Gasteiger partial charge in [0.05, 0.1) is 12.2 Å². The maximum atomic E-state index is 11.2. The molecule has 36 heavy (non-hydrogen) atoms. The van der Waals surface area contributed by atoms with Crippen molar-refractivity contribution in [2.75, 3.05) is 11.9 Å². The Morgan fingerprint density at radius 1 is 0.944 bits per heavy atom. The second-order valence-corrected chi connectivity index (χ2v) is 9.51. The molecule has 6 nitrogen and oxygen atoms in total. The lowest BCUT2D eigenvalue weighted by atomic mass is 10.0. The van der Waals surface area contributed by atoms with Gasteiger partial charge in [-0.25, -0.2) is 0 Å². The fourth-order valence-electron chi connectivity index (χ4n) is 5.02. The molecule has 0 unspecified atom stereocenters. The molecule has 3 aromatic carbocycles. The molecule has 0 saturated carbocycles. The van der Waals surface area contributed by atoms with Gasteiger partial charge in [0.25, 0.3) is 0 Å². The molecule has 1 aliphatic rings. The SMILES string of the molecule is CCc1cccc(CC)c1NC(=S)N=Nc1c(O)n(CN2CCc3ccccc3C2)c2ccccc12. The Balaban J connectivity index is 1.40. The van der Waals surface area contributed by atoms with Crippen molar-refractivity contribution in [3.63, 3.8) is 0 Å². The number of nitrogens with zero attached hydrogens (tertiary/aromatic N) is 4. The fraction of sp³-hybridized carbons (Fsp3) is 0.276. The predicted molar refractivity (Wildman–Crippen MR) is 150 cm³/mol. The minimum atomic E-state index is 0.102. The van der Waals surface area contributed by atoms with Crippen LogP contribution in [0.3, 0.4) is 0 Å². The van der Waals surface area contributed by atoms with Gasteiger partial charge in [-0.3, -0.25) is 9.47 Å². The molecule has 0 radical (unpaired) electrons. The van der Waals surface area contributed by atoms with E-state index in [0.717, 1.165) is 48.9 Å². The summed E-state index contributed by atoms with van der Waals surface area (Å²) in [7, 11) is 0. The van der Waals surface area contributed by atoms with E-state index in [1.165, 1.54) is 22.3 Å². The summed E-state index contributed by atoms with van der Waals surface area (Å²) in [5, 5.41) is 24.3. The first-order valence-corrected chi connectivity index (χ1v) is 12.9. The van der Waals surface area contributed by atoms with Crippen molar-refractivity contribution >= 4 is 39.6 Å². The third-order valence-corrected chi connectivity index (χ3v) is 7.12. The molecule has 0 spiro atoms. The molecule has 2 heterocycles. The number of anilines is 1. The molecule has 1 aliphatic heterocycles. The van der Waals surface area contributed by atoms with Crippen LogP contribution in [0.1, 0.15) is 36.1 Å². The normalized spacial score (nSPS) is 13.8. The van der Waals surface area contributed by atoms with Gasteiger partial charge in [0, 0.05) is 24.2 Å². The highest BCUT2D eigenvalue weighted by Crippen LogP contribution is 2.39. The van der Waals surface area contributed by atoms with Crippen molar-refractivity contribution in [3.8, 4) is 5.88 Å². The molecule has 2 N–H and O–H groups in total. The maximum absolute atomic E-state index is 11.2. The van der Waals surface area contributed by atoms with Crippen molar-refractivity contribution in [1.29, 1.82) is 0 Å². The van der Waals surface area contributed by atoms with Crippen molar-refractivity contribution in [2.24, 2.45) is 10.2 Å². The number of aromatic nitrogens is 1. The fourth-order valence-corrected chi connectivity index (χ4v) is 5.16. The Bertz CT molecular complexity index is 1420. The summed E-state index contributed by atoms with van der Waals surface area (Å²) in [6.07, 6.45) is 2.79. The van der Waals surface area contributed by atoms with Gasteiger partial charge in [-0.2, -0.15) is 0 Å². The Morgan fingerprint density at radius 3 is 2.39 bits per heavy atom. The summed E-state index contributed by atoms with van der Waals surface area (Å²) >= 11 is 5.52. The number of aryl methyl sites for hydroxylation is 2. The number of benzene rings is 3. The van der Waals surface area contributed by atoms with Gasteiger partial charge in [0.1, 0.15) is 0 Å². The number of rotatable bonds is 6. The van der Waals surface area contributed by atoms with Crippen LogP contribution in [0.2, 0.25) is 0 Å². The molecular weight excluding hydrogens is 466 g/mol. The van der Waals surface area contributed by atoms with Gasteiger partial charge in [-0.05, 0) is 59.8 Å². The van der Waals surface area contributed by atoms with Crippen LogP contribution in [0.25, 0.3) is 10.9 Å². The Labute approximate surface area is 217 Å². The van der Waals surface area contributed by atoms with Crippen LogP contribution in [0.4, 0.5) is 11.4 Å². The zero-order valence-electron chi connectivity index (χ0n) is 20.7. The molecule has 0 bridgehead atoms. The second kappa shape index (κ2) is 10.6. The van der Waals surface area contributed by atoms with Crippen LogP contribution in [0.15, 0.2) is 77.0 Å². The lowest BCUT2D eigenvalue weighted by Gasteiger charge is -2.29. The van der Waals surface area contributed by atoms with Crippen LogP contribution in [-0.4, -0.2) is 26.2 Å². The van der Waals surface area contributed by atoms with E-state index in [2.05, 4.69) is 76.8 Å². The highest BCUT2D eigenvalue weighted by Gasteiger charge is 2.21. The minimum Gasteiger partial charge on any atom is -0.493 e. The number of fused-ring (bicyclic) bond motifs is 2. The van der Waals surface area contributed by atoms with Crippen LogP contribution >= 0.6 is 12.2 Å². The van der Waals surface area contributed by atoms with E-state index in [1.54, 1.807) is 0 Å². The Hall–Kier alpha value is -3.55. The third-order valence-electron chi connectivity index (χ3n) is 6.94. The van der Waals surface area contributed by atoms with E-state index >= 15 is 0 Å². The molecular formula is C29H31N5OS. The number of para-hydroxylation sites is 2. The third kappa shape index (κ3) is 4.76. The number of hydrogen-bond donors (Lipinski definition) is 2. The van der Waals surface area contributed by atoms with E-state index in [4.69, 9.17) is 12.2 Å². The van der Waals surface area contributed by atoms with Crippen LogP contribution in [0, 0.1) is 0 Å². The zero-order valence-corrected chi connectivity index (χ0v) is 21.6. The lowest BCUT2D eigenvalue weighted by molar-refractivity contribution is 0.194. The molecule has 0 aliphatic carbocycles. The first-order chi connectivity index (χ1) is 17.6. The second-order valence-electron chi connectivity index (χ2n) is 9.12. The van der Waals surface area contributed by atoms with Crippen LogP contribution in [0.5, 0.6) is 5.88 Å². The molecule has 5 rings (SSSR count). The molecule has 4 aromatic rings. The molecule has 184 valence electrons. The summed E-state index contributed by atoms with van der Waals surface area (Å²) in [6.45, 7) is 6.60. The Morgan fingerprint density at radius 2 is 1.64 bits per heavy atom. The highest BCUT2D eigenvalue weighted by atomic mass is 32.1. The van der Waals surface area contributed by atoms with E-state index in [0.29, 0.717) is 12.4 Å². The van der Waals surface area contributed by atoms with Crippen molar-refractivity contribution < 1.29 is 5.11 Å². The summed E-state index contributed by atoms with van der Waals surface area (Å²) in [5.74, 6) is 0.102. The van der Waals surface area contributed by atoms with Gasteiger partial charge in [-0.15, -0.1) is 10.2 Å². The highest BCUT2D eigenvalue weighted by molar-refractivity contribution is 7.80. The first kappa shape index (κ1) is 24.2.